The van der Waals surface area contributed by atoms with E-state index in [2.05, 4.69) is 10.6 Å². The number of hydrogen-bond acceptors (Lipinski definition) is 2. The van der Waals surface area contributed by atoms with Crippen molar-refractivity contribution in [3.63, 3.8) is 0 Å². The second-order valence-electron chi connectivity index (χ2n) is 5.71. The zero-order chi connectivity index (χ0) is 16.8. The summed E-state index contributed by atoms with van der Waals surface area (Å²) in [6, 6.07) is 16.3. The van der Waals surface area contributed by atoms with E-state index in [-0.39, 0.29) is 17.9 Å². The molecule has 0 aromatic heterocycles. The van der Waals surface area contributed by atoms with E-state index in [0.717, 1.165) is 11.1 Å². The van der Waals surface area contributed by atoms with Crippen LogP contribution in [0.5, 0.6) is 0 Å². The van der Waals surface area contributed by atoms with Crippen molar-refractivity contribution in [2.75, 3.05) is 0 Å². The molecule has 0 aliphatic rings. The molecule has 120 valence electrons. The second-order valence-corrected chi connectivity index (χ2v) is 5.71. The van der Waals surface area contributed by atoms with Gasteiger partial charge in [-0.1, -0.05) is 48.0 Å². The summed E-state index contributed by atoms with van der Waals surface area (Å²) in [5.41, 5.74) is 2.59. The zero-order valence-corrected chi connectivity index (χ0v) is 13.7. The Hall–Kier alpha value is -2.62. The van der Waals surface area contributed by atoms with Gasteiger partial charge in [0.1, 0.15) is 6.04 Å². The number of hydrogen-bond donors (Lipinski definition) is 2. The highest BCUT2D eigenvalue weighted by Gasteiger charge is 2.18. The zero-order valence-electron chi connectivity index (χ0n) is 13.7. The molecular formula is C19H22N2O2. The lowest BCUT2D eigenvalue weighted by molar-refractivity contribution is -0.123. The fourth-order valence-corrected chi connectivity index (χ4v) is 2.30. The molecule has 2 atom stereocenters. The van der Waals surface area contributed by atoms with E-state index in [1.807, 2.05) is 56.3 Å². The minimum Gasteiger partial charge on any atom is -0.348 e. The summed E-state index contributed by atoms with van der Waals surface area (Å²) in [6.07, 6.45) is 0. The molecule has 0 heterocycles. The molecule has 2 amide bonds. The smallest absolute Gasteiger partial charge is 0.251 e. The highest BCUT2D eigenvalue weighted by Crippen LogP contribution is 2.11. The number of nitrogens with one attached hydrogen (secondary N) is 2. The van der Waals surface area contributed by atoms with Crippen molar-refractivity contribution in [1.82, 2.24) is 10.6 Å². The molecule has 2 aromatic carbocycles. The third-order valence-corrected chi connectivity index (χ3v) is 3.68. The van der Waals surface area contributed by atoms with Crippen LogP contribution in [0.1, 0.15) is 41.4 Å². The molecule has 0 aliphatic heterocycles. The van der Waals surface area contributed by atoms with E-state index in [0.29, 0.717) is 5.56 Å². The summed E-state index contributed by atoms with van der Waals surface area (Å²) in [7, 11) is 0. The van der Waals surface area contributed by atoms with Crippen LogP contribution in [0.2, 0.25) is 0 Å². The topological polar surface area (TPSA) is 58.2 Å². The lowest BCUT2D eigenvalue weighted by Gasteiger charge is -2.19. The van der Waals surface area contributed by atoms with Crippen molar-refractivity contribution >= 4 is 11.8 Å². The molecule has 23 heavy (non-hydrogen) atoms. The van der Waals surface area contributed by atoms with Gasteiger partial charge in [0.15, 0.2) is 0 Å². The molecular weight excluding hydrogens is 288 g/mol. The molecule has 2 rings (SSSR count). The van der Waals surface area contributed by atoms with E-state index < -0.39 is 6.04 Å². The molecule has 0 bridgehead atoms. The van der Waals surface area contributed by atoms with E-state index >= 15 is 0 Å². The number of carbonyl (C=O) groups is 2. The van der Waals surface area contributed by atoms with Crippen molar-refractivity contribution < 1.29 is 9.59 Å². The summed E-state index contributed by atoms with van der Waals surface area (Å²) in [4.78, 5) is 24.4. The average molecular weight is 310 g/mol. The molecule has 0 spiro atoms. The average Bonchev–Trinajstić information content (AvgIpc) is 2.55. The molecule has 4 heteroatoms. The first-order valence-corrected chi connectivity index (χ1v) is 7.70. The van der Waals surface area contributed by atoms with Crippen LogP contribution in [0.25, 0.3) is 0 Å². The van der Waals surface area contributed by atoms with Crippen LogP contribution in [0.4, 0.5) is 0 Å². The van der Waals surface area contributed by atoms with Crippen LogP contribution in [0, 0.1) is 6.92 Å². The Kier molecular flexibility index (Phi) is 5.52. The normalized spacial score (nSPS) is 13.0. The number of benzene rings is 2. The van der Waals surface area contributed by atoms with E-state index in [9.17, 15) is 9.59 Å². The summed E-state index contributed by atoms with van der Waals surface area (Å²) < 4.78 is 0. The van der Waals surface area contributed by atoms with Gasteiger partial charge >= 0.3 is 0 Å². The maximum absolute atomic E-state index is 12.2. The predicted molar refractivity (Wildman–Crippen MR) is 91.1 cm³/mol. The van der Waals surface area contributed by atoms with Crippen LogP contribution >= 0.6 is 0 Å². The van der Waals surface area contributed by atoms with Gasteiger partial charge in [-0.15, -0.1) is 0 Å². The molecule has 0 aliphatic carbocycles. The first-order valence-electron chi connectivity index (χ1n) is 7.70. The monoisotopic (exact) mass is 310 g/mol. The van der Waals surface area contributed by atoms with Crippen LogP contribution in [-0.2, 0) is 4.79 Å². The first-order chi connectivity index (χ1) is 11.0. The van der Waals surface area contributed by atoms with Crippen molar-refractivity contribution in [1.29, 1.82) is 0 Å². The highest BCUT2D eigenvalue weighted by atomic mass is 16.2. The van der Waals surface area contributed by atoms with Crippen molar-refractivity contribution in [2.24, 2.45) is 0 Å². The Morgan fingerprint density at radius 3 is 2.26 bits per heavy atom. The molecule has 2 N–H and O–H groups in total. The molecule has 4 nitrogen and oxygen atoms in total. The third kappa shape index (κ3) is 4.68. The Labute approximate surface area is 136 Å². The largest absolute Gasteiger partial charge is 0.348 e. The molecule has 0 saturated heterocycles. The maximum Gasteiger partial charge on any atom is 0.251 e. The van der Waals surface area contributed by atoms with Crippen LogP contribution in [-0.4, -0.2) is 17.9 Å². The summed E-state index contributed by atoms with van der Waals surface area (Å²) in [6.45, 7) is 5.53. The van der Waals surface area contributed by atoms with Gasteiger partial charge in [0.05, 0.1) is 6.04 Å². The standard InChI is InChI=1S/C19H22N2O2/c1-13-8-7-11-17(12-13)19(23)21-15(3)18(22)20-14(2)16-9-5-4-6-10-16/h4-12,14-15H,1-3H3,(H,20,22)(H,21,23). The number of rotatable bonds is 5. The highest BCUT2D eigenvalue weighted by molar-refractivity contribution is 5.97. The Bertz CT molecular complexity index is 683. The minimum absolute atomic E-state index is 0.109. The Morgan fingerprint density at radius 1 is 0.913 bits per heavy atom. The third-order valence-electron chi connectivity index (χ3n) is 3.68. The van der Waals surface area contributed by atoms with E-state index in [1.54, 1.807) is 19.1 Å². The van der Waals surface area contributed by atoms with E-state index in [1.165, 1.54) is 0 Å². The van der Waals surface area contributed by atoms with Gasteiger partial charge in [-0.2, -0.15) is 0 Å². The first kappa shape index (κ1) is 16.7. The van der Waals surface area contributed by atoms with Gasteiger partial charge in [0.25, 0.3) is 5.91 Å². The number of carbonyl (C=O) groups excluding carboxylic acids is 2. The summed E-state index contributed by atoms with van der Waals surface area (Å²) in [5, 5.41) is 5.64. The van der Waals surface area contributed by atoms with Gasteiger partial charge in [0.2, 0.25) is 5.91 Å². The lowest BCUT2D eigenvalue weighted by atomic mass is 10.1. The van der Waals surface area contributed by atoms with Gasteiger partial charge < -0.3 is 10.6 Å². The molecule has 0 radical (unpaired) electrons. The van der Waals surface area contributed by atoms with Crippen LogP contribution in [0.15, 0.2) is 54.6 Å². The van der Waals surface area contributed by atoms with Gasteiger partial charge in [-0.3, -0.25) is 9.59 Å². The molecule has 0 fully saturated rings. The van der Waals surface area contributed by atoms with Gasteiger partial charge in [0, 0.05) is 5.56 Å². The van der Waals surface area contributed by atoms with Crippen LogP contribution in [0.3, 0.4) is 0 Å². The lowest BCUT2D eigenvalue weighted by Crippen LogP contribution is -2.45. The Balaban J connectivity index is 1.93. The quantitative estimate of drug-likeness (QED) is 0.892. The minimum atomic E-state index is -0.603. The second kappa shape index (κ2) is 7.58. The van der Waals surface area contributed by atoms with Crippen molar-refractivity contribution in [2.45, 2.75) is 32.9 Å². The fraction of sp³-hybridized carbons (Fsp3) is 0.263. The van der Waals surface area contributed by atoms with Crippen molar-refractivity contribution in [3.05, 3.63) is 71.3 Å². The molecule has 0 saturated carbocycles. The predicted octanol–water partition coefficient (Wildman–Crippen LogP) is 2.99. The van der Waals surface area contributed by atoms with Crippen molar-refractivity contribution in [3.8, 4) is 0 Å². The van der Waals surface area contributed by atoms with E-state index in [4.69, 9.17) is 0 Å². The maximum atomic E-state index is 12.2. The van der Waals surface area contributed by atoms with Gasteiger partial charge in [-0.25, -0.2) is 0 Å². The number of aryl methyl sites for hydroxylation is 1. The van der Waals surface area contributed by atoms with Gasteiger partial charge in [-0.05, 0) is 38.5 Å². The number of amides is 2. The molecule has 2 unspecified atom stereocenters. The SMILES string of the molecule is Cc1cccc(C(=O)NC(C)C(=O)NC(C)c2ccccc2)c1. The summed E-state index contributed by atoms with van der Waals surface area (Å²) >= 11 is 0. The fourth-order valence-electron chi connectivity index (χ4n) is 2.30. The molecule has 2 aromatic rings. The van der Waals surface area contributed by atoms with Crippen LogP contribution < -0.4 is 10.6 Å². The summed E-state index contributed by atoms with van der Waals surface area (Å²) in [5.74, 6) is -0.453. The Morgan fingerprint density at radius 2 is 1.61 bits per heavy atom.